The molecule has 0 radical (unpaired) electrons. The normalized spacial score (nSPS) is 19.2. The number of benzene rings is 2. The third kappa shape index (κ3) is 4.83. The average molecular weight is 462 g/mol. The van der Waals surface area contributed by atoms with Crippen LogP contribution in [0.25, 0.3) is 0 Å². The SMILES string of the molecule is C=C(CC1COc2cc(OC3CCc4c3ccc(C(F)(F)F)c4CN(C)CC)ccc21)OC. The van der Waals surface area contributed by atoms with Gasteiger partial charge in [-0.15, -0.1) is 0 Å². The molecule has 0 fully saturated rings. The summed E-state index contributed by atoms with van der Waals surface area (Å²) in [6, 6.07) is 8.57. The molecular weight excluding hydrogens is 431 g/mol. The van der Waals surface area contributed by atoms with Gasteiger partial charge in [0.1, 0.15) is 17.6 Å². The summed E-state index contributed by atoms with van der Waals surface area (Å²) in [6.07, 6.45) is -2.75. The number of methoxy groups -OCH3 is 1. The fourth-order valence-corrected chi connectivity index (χ4v) is 4.71. The first-order valence-corrected chi connectivity index (χ1v) is 11.3. The number of rotatable bonds is 8. The highest BCUT2D eigenvalue weighted by Crippen LogP contribution is 2.44. The molecule has 1 aliphatic carbocycles. The van der Waals surface area contributed by atoms with Gasteiger partial charge in [0.15, 0.2) is 0 Å². The van der Waals surface area contributed by atoms with Crippen LogP contribution in [0.2, 0.25) is 0 Å². The van der Waals surface area contributed by atoms with E-state index in [4.69, 9.17) is 14.2 Å². The number of halogens is 3. The number of ether oxygens (including phenoxy) is 3. The number of nitrogens with zero attached hydrogens (tertiary/aromatic N) is 1. The number of alkyl halides is 3. The minimum atomic E-state index is -4.38. The zero-order chi connectivity index (χ0) is 23.8. The Morgan fingerprint density at radius 3 is 2.67 bits per heavy atom. The van der Waals surface area contributed by atoms with E-state index in [0.717, 1.165) is 22.4 Å². The van der Waals surface area contributed by atoms with E-state index in [0.29, 0.717) is 49.5 Å². The highest BCUT2D eigenvalue weighted by molar-refractivity contribution is 5.48. The van der Waals surface area contributed by atoms with Crippen molar-refractivity contribution in [2.75, 3.05) is 27.3 Å². The van der Waals surface area contributed by atoms with Gasteiger partial charge in [-0.3, -0.25) is 0 Å². The van der Waals surface area contributed by atoms with Crippen molar-refractivity contribution in [2.24, 2.45) is 0 Å². The van der Waals surface area contributed by atoms with Crippen molar-refractivity contribution in [3.05, 3.63) is 70.5 Å². The Bertz CT molecular complexity index is 1030. The molecule has 0 amide bonds. The van der Waals surface area contributed by atoms with Crippen LogP contribution in [0.4, 0.5) is 13.2 Å². The summed E-state index contributed by atoms with van der Waals surface area (Å²) in [5.41, 5.74) is 2.53. The third-order valence-electron chi connectivity index (χ3n) is 6.65. The maximum absolute atomic E-state index is 13.7. The maximum atomic E-state index is 13.7. The van der Waals surface area contributed by atoms with Gasteiger partial charge in [0.25, 0.3) is 0 Å². The third-order valence-corrected chi connectivity index (χ3v) is 6.65. The highest BCUT2D eigenvalue weighted by Gasteiger charge is 2.37. The minimum Gasteiger partial charge on any atom is -0.502 e. The van der Waals surface area contributed by atoms with Crippen LogP contribution in [0.3, 0.4) is 0 Å². The first-order chi connectivity index (χ1) is 15.7. The minimum absolute atomic E-state index is 0.188. The summed E-state index contributed by atoms with van der Waals surface area (Å²) >= 11 is 0. The van der Waals surface area contributed by atoms with E-state index >= 15 is 0 Å². The lowest BCUT2D eigenvalue weighted by atomic mass is 9.96. The molecule has 2 aromatic carbocycles. The van der Waals surface area contributed by atoms with E-state index in [1.807, 2.05) is 37.1 Å². The van der Waals surface area contributed by atoms with Gasteiger partial charge in [0.05, 0.1) is 25.0 Å². The predicted octanol–water partition coefficient (Wildman–Crippen LogP) is 6.25. The van der Waals surface area contributed by atoms with Gasteiger partial charge < -0.3 is 19.1 Å². The molecule has 2 atom stereocenters. The first kappa shape index (κ1) is 23.5. The van der Waals surface area contributed by atoms with Gasteiger partial charge >= 0.3 is 6.18 Å². The van der Waals surface area contributed by atoms with Crippen molar-refractivity contribution >= 4 is 0 Å². The van der Waals surface area contributed by atoms with Crippen LogP contribution < -0.4 is 9.47 Å². The van der Waals surface area contributed by atoms with Crippen LogP contribution in [0.5, 0.6) is 11.5 Å². The molecule has 1 aliphatic heterocycles. The Morgan fingerprint density at radius 2 is 1.97 bits per heavy atom. The molecule has 0 saturated heterocycles. The van der Waals surface area contributed by atoms with Crippen LogP contribution in [0.1, 0.15) is 59.6 Å². The Labute approximate surface area is 192 Å². The van der Waals surface area contributed by atoms with Crippen LogP contribution >= 0.6 is 0 Å². The van der Waals surface area contributed by atoms with Gasteiger partial charge in [-0.05, 0) is 55.3 Å². The molecule has 0 aromatic heterocycles. The van der Waals surface area contributed by atoms with Gasteiger partial charge in [-0.25, -0.2) is 0 Å². The maximum Gasteiger partial charge on any atom is 0.416 e. The van der Waals surface area contributed by atoms with E-state index in [1.165, 1.54) is 6.07 Å². The van der Waals surface area contributed by atoms with E-state index in [2.05, 4.69) is 6.58 Å². The quantitative estimate of drug-likeness (QED) is 0.435. The smallest absolute Gasteiger partial charge is 0.416 e. The van der Waals surface area contributed by atoms with Crippen LogP contribution in [-0.4, -0.2) is 32.2 Å². The molecule has 7 heteroatoms. The summed E-state index contributed by atoms with van der Waals surface area (Å²) in [5, 5.41) is 0. The van der Waals surface area contributed by atoms with Crippen LogP contribution in [0, 0.1) is 0 Å². The molecule has 4 rings (SSSR count). The Balaban J connectivity index is 1.57. The lowest BCUT2D eigenvalue weighted by Crippen LogP contribution is -2.21. The van der Waals surface area contributed by atoms with Crippen molar-refractivity contribution in [3.63, 3.8) is 0 Å². The number of allylic oxidation sites excluding steroid dienone is 1. The fraction of sp³-hybridized carbons (Fsp3) is 0.462. The highest BCUT2D eigenvalue weighted by atomic mass is 19.4. The monoisotopic (exact) mass is 461 g/mol. The number of hydrogen-bond donors (Lipinski definition) is 0. The Hall–Kier alpha value is -2.67. The van der Waals surface area contributed by atoms with Crippen LogP contribution in [0.15, 0.2) is 42.7 Å². The molecule has 2 unspecified atom stereocenters. The second kappa shape index (κ2) is 9.29. The lowest BCUT2D eigenvalue weighted by Gasteiger charge is -2.22. The van der Waals surface area contributed by atoms with Gasteiger partial charge in [-0.2, -0.15) is 13.2 Å². The molecule has 2 aliphatic rings. The van der Waals surface area contributed by atoms with Crippen LogP contribution in [-0.2, 0) is 23.9 Å². The first-order valence-electron chi connectivity index (χ1n) is 11.3. The largest absolute Gasteiger partial charge is 0.502 e. The van der Waals surface area contributed by atoms with E-state index < -0.39 is 11.7 Å². The molecule has 0 saturated carbocycles. The standard InChI is InChI=1S/C26H30F3NO3/c1-5-30(3)14-22-20-9-11-24(21(20)8-10-23(22)26(27,28)29)33-18-6-7-19-17(12-16(2)31-4)15-32-25(19)13-18/h6-8,10,13,17,24H,2,5,9,11-12,14-15H2,1,3-4H3. The van der Waals surface area contributed by atoms with Crippen molar-refractivity contribution in [1.29, 1.82) is 0 Å². The molecule has 1 heterocycles. The van der Waals surface area contributed by atoms with Gasteiger partial charge in [0, 0.05) is 30.5 Å². The number of fused-ring (bicyclic) bond motifs is 2. The van der Waals surface area contributed by atoms with Crippen molar-refractivity contribution in [3.8, 4) is 11.5 Å². The topological polar surface area (TPSA) is 30.9 Å². The van der Waals surface area contributed by atoms with Crippen molar-refractivity contribution < 1.29 is 27.4 Å². The molecular formula is C26H30F3NO3. The zero-order valence-corrected chi connectivity index (χ0v) is 19.3. The predicted molar refractivity (Wildman–Crippen MR) is 121 cm³/mol. The Kier molecular flexibility index (Phi) is 6.61. The van der Waals surface area contributed by atoms with Gasteiger partial charge in [0.2, 0.25) is 0 Å². The molecule has 4 nitrogen and oxygen atoms in total. The van der Waals surface area contributed by atoms with E-state index in [-0.39, 0.29) is 18.6 Å². The lowest BCUT2D eigenvalue weighted by molar-refractivity contribution is -0.138. The van der Waals surface area contributed by atoms with E-state index in [1.54, 1.807) is 13.2 Å². The molecule has 0 N–H and O–H groups in total. The molecule has 33 heavy (non-hydrogen) atoms. The second-order valence-electron chi connectivity index (χ2n) is 8.79. The molecule has 2 aromatic rings. The summed E-state index contributed by atoms with van der Waals surface area (Å²) in [4.78, 5) is 1.89. The number of hydrogen-bond acceptors (Lipinski definition) is 4. The van der Waals surface area contributed by atoms with Crippen molar-refractivity contribution in [2.45, 2.75) is 50.9 Å². The fourth-order valence-electron chi connectivity index (χ4n) is 4.71. The zero-order valence-electron chi connectivity index (χ0n) is 19.3. The average Bonchev–Trinajstić information content (AvgIpc) is 3.37. The summed E-state index contributed by atoms with van der Waals surface area (Å²) in [7, 11) is 3.45. The van der Waals surface area contributed by atoms with Gasteiger partial charge in [-0.1, -0.05) is 25.6 Å². The summed E-state index contributed by atoms with van der Waals surface area (Å²) < 4.78 is 58.4. The van der Waals surface area contributed by atoms with Crippen molar-refractivity contribution in [1.82, 2.24) is 4.90 Å². The molecule has 0 bridgehead atoms. The van der Waals surface area contributed by atoms with E-state index in [9.17, 15) is 13.2 Å². The summed E-state index contributed by atoms with van der Waals surface area (Å²) in [6.45, 7) is 7.33. The molecule has 178 valence electrons. The molecule has 0 spiro atoms. The Morgan fingerprint density at radius 1 is 1.21 bits per heavy atom. The summed E-state index contributed by atoms with van der Waals surface area (Å²) in [5.74, 6) is 2.33. The second-order valence-corrected chi connectivity index (χ2v) is 8.79.